The van der Waals surface area contributed by atoms with Gasteiger partial charge in [0.1, 0.15) is 22.4 Å². The SMILES string of the molecule is CCCCC(NC(=O)CNS(=O)(=O)c1cc(OC)ccc1OC)C(=O)OC. The van der Waals surface area contributed by atoms with Gasteiger partial charge in [-0.2, -0.15) is 0 Å². The first-order valence-corrected chi connectivity index (χ1v) is 9.86. The zero-order chi connectivity index (χ0) is 20.4. The molecule has 1 amide bonds. The van der Waals surface area contributed by atoms with Crippen LogP contribution in [0.15, 0.2) is 23.1 Å². The summed E-state index contributed by atoms with van der Waals surface area (Å²) in [6.45, 7) is 1.41. The molecule has 1 atom stereocenters. The fraction of sp³-hybridized carbons (Fsp3) is 0.529. The van der Waals surface area contributed by atoms with Gasteiger partial charge in [0, 0.05) is 6.07 Å². The summed E-state index contributed by atoms with van der Waals surface area (Å²) in [5, 5.41) is 2.48. The molecule has 0 aromatic heterocycles. The van der Waals surface area contributed by atoms with Crippen molar-refractivity contribution in [2.24, 2.45) is 0 Å². The van der Waals surface area contributed by atoms with Gasteiger partial charge in [0.2, 0.25) is 15.9 Å². The largest absolute Gasteiger partial charge is 0.497 e. The Morgan fingerprint density at radius 1 is 1.15 bits per heavy atom. The Morgan fingerprint density at radius 2 is 1.85 bits per heavy atom. The molecule has 0 bridgehead atoms. The van der Waals surface area contributed by atoms with Crippen LogP contribution in [0.4, 0.5) is 0 Å². The number of amides is 1. The summed E-state index contributed by atoms with van der Waals surface area (Å²) < 4.78 is 42.0. The van der Waals surface area contributed by atoms with Crippen LogP contribution in [0.1, 0.15) is 26.2 Å². The van der Waals surface area contributed by atoms with Crippen molar-refractivity contribution in [3.63, 3.8) is 0 Å². The number of sulfonamides is 1. The molecular weight excluding hydrogens is 376 g/mol. The number of benzene rings is 1. The summed E-state index contributed by atoms with van der Waals surface area (Å²) in [5.74, 6) is -0.786. The van der Waals surface area contributed by atoms with E-state index in [2.05, 4.69) is 14.8 Å². The molecule has 2 N–H and O–H groups in total. The third-order valence-electron chi connectivity index (χ3n) is 3.75. The highest BCUT2D eigenvalue weighted by Gasteiger charge is 2.24. The zero-order valence-corrected chi connectivity index (χ0v) is 16.7. The van der Waals surface area contributed by atoms with Crippen LogP contribution < -0.4 is 19.5 Å². The molecule has 1 aromatic rings. The number of rotatable bonds is 11. The van der Waals surface area contributed by atoms with Gasteiger partial charge in [-0.15, -0.1) is 0 Å². The first-order valence-electron chi connectivity index (χ1n) is 8.37. The van der Waals surface area contributed by atoms with E-state index in [0.717, 1.165) is 6.42 Å². The van der Waals surface area contributed by atoms with Gasteiger partial charge >= 0.3 is 5.97 Å². The predicted octanol–water partition coefficient (Wildman–Crippen LogP) is 0.830. The van der Waals surface area contributed by atoms with E-state index in [1.165, 1.54) is 33.5 Å². The number of hydrogen-bond acceptors (Lipinski definition) is 7. The zero-order valence-electron chi connectivity index (χ0n) is 15.9. The highest BCUT2D eigenvalue weighted by atomic mass is 32.2. The Kier molecular flexibility index (Phi) is 9.03. The number of ether oxygens (including phenoxy) is 3. The second-order valence-corrected chi connectivity index (χ2v) is 7.36. The molecule has 0 aliphatic rings. The third kappa shape index (κ3) is 6.72. The van der Waals surface area contributed by atoms with Gasteiger partial charge in [-0.1, -0.05) is 19.8 Å². The summed E-state index contributed by atoms with van der Waals surface area (Å²) in [4.78, 5) is 23.7. The van der Waals surface area contributed by atoms with Crippen molar-refractivity contribution in [2.75, 3.05) is 27.9 Å². The van der Waals surface area contributed by atoms with Crippen LogP contribution in [0, 0.1) is 0 Å². The number of carbonyl (C=O) groups excluding carboxylic acids is 2. The van der Waals surface area contributed by atoms with Crippen molar-refractivity contribution >= 4 is 21.9 Å². The minimum atomic E-state index is -4.04. The average Bonchev–Trinajstić information content (AvgIpc) is 2.68. The van der Waals surface area contributed by atoms with Crippen molar-refractivity contribution < 1.29 is 32.2 Å². The number of hydrogen-bond donors (Lipinski definition) is 2. The van der Waals surface area contributed by atoms with E-state index < -0.39 is 34.5 Å². The fourth-order valence-electron chi connectivity index (χ4n) is 2.28. The number of methoxy groups -OCH3 is 3. The Morgan fingerprint density at radius 3 is 2.41 bits per heavy atom. The number of esters is 1. The van der Waals surface area contributed by atoms with Crippen LogP contribution in [-0.4, -0.2) is 54.2 Å². The molecule has 0 radical (unpaired) electrons. The average molecular weight is 402 g/mol. The number of unbranched alkanes of at least 4 members (excludes halogenated alkanes) is 1. The topological polar surface area (TPSA) is 120 Å². The Bertz CT molecular complexity index is 750. The van der Waals surface area contributed by atoms with E-state index in [0.29, 0.717) is 18.6 Å². The quantitative estimate of drug-likeness (QED) is 0.526. The van der Waals surface area contributed by atoms with Gasteiger partial charge in [-0.25, -0.2) is 17.9 Å². The monoisotopic (exact) mass is 402 g/mol. The normalized spacial score (nSPS) is 12.1. The summed E-state index contributed by atoms with van der Waals surface area (Å²) in [6, 6.07) is 3.47. The lowest BCUT2D eigenvalue weighted by molar-refractivity contribution is -0.145. The second-order valence-electron chi connectivity index (χ2n) is 5.63. The van der Waals surface area contributed by atoms with E-state index in [9.17, 15) is 18.0 Å². The van der Waals surface area contributed by atoms with Gasteiger partial charge < -0.3 is 19.5 Å². The lowest BCUT2D eigenvalue weighted by Crippen LogP contribution is -2.45. The van der Waals surface area contributed by atoms with Gasteiger partial charge in [0.15, 0.2) is 0 Å². The lowest BCUT2D eigenvalue weighted by Gasteiger charge is -2.17. The van der Waals surface area contributed by atoms with E-state index in [1.807, 2.05) is 6.92 Å². The molecular formula is C17H26N2O7S. The van der Waals surface area contributed by atoms with Crippen LogP contribution in [0.2, 0.25) is 0 Å². The summed E-state index contributed by atoms with van der Waals surface area (Å²) in [6.07, 6.45) is 1.96. The first-order chi connectivity index (χ1) is 12.8. The van der Waals surface area contributed by atoms with Crippen molar-refractivity contribution in [1.29, 1.82) is 0 Å². The summed E-state index contributed by atoms with van der Waals surface area (Å²) >= 11 is 0. The minimum Gasteiger partial charge on any atom is -0.497 e. The molecule has 152 valence electrons. The first kappa shape index (κ1) is 22.7. The molecule has 0 fully saturated rings. The molecule has 27 heavy (non-hydrogen) atoms. The number of carbonyl (C=O) groups is 2. The predicted molar refractivity (Wildman–Crippen MR) is 98.2 cm³/mol. The molecule has 1 rings (SSSR count). The molecule has 10 heteroatoms. The lowest BCUT2D eigenvalue weighted by atomic mass is 10.1. The van der Waals surface area contributed by atoms with Crippen molar-refractivity contribution in [3.05, 3.63) is 18.2 Å². The van der Waals surface area contributed by atoms with Gasteiger partial charge in [-0.05, 0) is 18.6 Å². The van der Waals surface area contributed by atoms with E-state index >= 15 is 0 Å². The van der Waals surface area contributed by atoms with E-state index in [4.69, 9.17) is 9.47 Å². The molecule has 0 saturated heterocycles. The van der Waals surface area contributed by atoms with Gasteiger partial charge in [-0.3, -0.25) is 4.79 Å². The molecule has 0 spiro atoms. The highest BCUT2D eigenvalue weighted by molar-refractivity contribution is 7.89. The van der Waals surface area contributed by atoms with Crippen LogP contribution >= 0.6 is 0 Å². The maximum atomic E-state index is 12.5. The van der Waals surface area contributed by atoms with Crippen molar-refractivity contribution in [2.45, 2.75) is 37.1 Å². The Labute approximate surface area is 159 Å². The smallest absolute Gasteiger partial charge is 0.328 e. The summed E-state index contributed by atoms with van der Waals surface area (Å²) in [7, 11) is -0.0732. The molecule has 1 aromatic carbocycles. The molecule has 9 nitrogen and oxygen atoms in total. The maximum Gasteiger partial charge on any atom is 0.328 e. The molecule has 0 saturated carbocycles. The Hall–Kier alpha value is -2.33. The summed E-state index contributed by atoms with van der Waals surface area (Å²) in [5.41, 5.74) is 0. The van der Waals surface area contributed by atoms with E-state index in [1.54, 1.807) is 6.07 Å². The highest BCUT2D eigenvalue weighted by Crippen LogP contribution is 2.27. The van der Waals surface area contributed by atoms with E-state index in [-0.39, 0.29) is 10.6 Å². The molecule has 0 aliphatic carbocycles. The van der Waals surface area contributed by atoms with Crippen LogP contribution in [0.5, 0.6) is 11.5 Å². The van der Waals surface area contributed by atoms with Crippen molar-refractivity contribution in [3.8, 4) is 11.5 Å². The van der Waals surface area contributed by atoms with Gasteiger partial charge in [0.25, 0.3) is 0 Å². The Balaban J connectivity index is 2.83. The van der Waals surface area contributed by atoms with Crippen LogP contribution in [0.25, 0.3) is 0 Å². The van der Waals surface area contributed by atoms with Crippen LogP contribution in [0.3, 0.4) is 0 Å². The minimum absolute atomic E-state index is 0.110. The third-order valence-corrected chi connectivity index (χ3v) is 5.17. The fourth-order valence-corrected chi connectivity index (χ4v) is 3.44. The second kappa shape index (κ2) is 10.7. The van der Waals surface area contributed by atoms with Crippen molar-refractivity contribution in [1.82, 2.24) is 10.0 Å². The van der Waals surface area contributed by atoms with Crippen LogP contribution in [-0.2, 0) is 24.3 Å². The molecule has 0 heterocycles. The van der Waals surface area contributed by atoms with Gasteiger partial charge in [0.05, 0.1) is 27.9 Å². The standard InChI is InChI=1S/C17H26N2O7S/c1-5-6-7-13(17(21)26-4)19-16(20)11-18-27(22,23)15-10-12(24-2)8-9-14(15)25-3/h8-10,13,18H,5-7,11H2,1-4H3,(H,19,20). The molecule has 0 aliphatic heterocycles. The molecule has 1 unspecified atom stereocenters. The number of nitrogens with one attached hydrogen (secondary N) is 2. The maximum absolute atomic E-state index is 12.5.